The van der Waals surface area contributed by atoms with E-state index in [-0.39, 0.29) is 5.69 Å². The Hall–Kier alpha value is -1.92. The first-order valence-electron chi connectivity index (χ1n) is 6.41. The zero-order valence-electron chi connectivity index (χ0n) is 11.2. The van der Waals surface area contributed by atoms with Gasteiger partial charge in [-0.3, -0.25) is 0 Å². The lowest BCUT2D eigenvalue weighted by Gasteiger charge is -1.96. The van der Waals surface area contributed by atoms with E-state index in [4.69, 9.17) is 16.3 Å². The third-order valence-electron chi connectivity index (χ3n) is 2.87. The highest BCUT2D eigenvalue weighted by atomic mass is 35.5. The minimum Gasteiger partial charge on any atom is -0.461 e. The van der Waals surface area contributed by atoms with Gasteiger partial charge in [-0.25, -0.2) is 9.48 Å². The molecule has 0 fully saturated rings. The number of nitrogens with zero attached hydrogens (tertiary/aromatic N) is 3. The van der Waals surface area contributed by atoms with Crippen molar-refractivity contribution in [1.82, 2.24) is 15.0 Å². The molecule has 0 saturated carbocycles. The van der Waals surface area contributed by atoms with Crippen molar-refractivity contribution in [3.05, 3.63) is 46.1 Å². The van der Waals surface area contributed by atoms with Gasteiger partial charge >= 0.3 is 5.97 Å². The smallest absolute Gasteiger partial charge is 0.360 e. The molecule has 0 N–H and O–H groups in total. The summed E-state index contributed by atoms with van der Waals surface area (Å²) in [5, 5.41) is 9.64. The van der Waals surface area contributed by atoms with E-state index in [0.717, 1.165) is 20.0 Å². The van der Waals surface area contributed by atoms with Crippen molar-refractivity contribution in [1.29, 1.82) is 0 Å². The average molecular weight is 322 g/mol. The van der Waals surface area contributed by atoms with Crippen molar-refractivity contribution in [2.24, 2.45) is 0 Å². The molecule has 0 atom stereocenters. The largest absolute Gasteiger partial charge is 0.461 e. The van der Waals surface area contributed by atoms with Crippen LogP contribution >= 0.6 is 22.9 Å². The molecule has 0 bridgehead atoms. The highest BCUT2D eigenvalue weighted by Crippen LogP contribution is 2.28. The third kappa shape index (κ3) is 3.06. The van der Waals surface area contributed by atoms with Crippen LogP contribution in [0.15, 0.2) is 30.5 Å². The van der Waals surface area contributed by atoms with Crippen molar-refractivity contribution in [3.63, 3.8) is 0 Å². The molecule has 3 rings (SSSR count). The summed E-state index contributed by atoms with van der Waals surface area (Å²) in [7, 11) is 0. The van der Waals surface area contributed by atoms with Gasteiger partial charge in [0.15, 0.2) is 5.69 Å². The summed E-state index contributed by atoms with van der Waals surface area (Å²) in [6.45, 7) is 2.64. The second-order valence-electron chi connectivity index (χ2n) is 4.42. The summed E-state index contributed by atoms with van der Waals surface area (Å²) in [5.74, 6) is -0.452. The number of fused-ring (bicyclic) bond motifs is 1. The van der Waals surface area contributed by atoms with E-state index < -0.39 is 5.97 Å². The average Bonchev–Trinajstić information content (AvgIpc) is 3.05. The van der Waals surface area contributed by atoms with Crippen LogP contribution in [-0.2, 0) is 11.3 Å². The normalized spacial score (nSPS) is 11.0. The number of carbonyl (C=O) groups excluding carboxylic acids is 1. The SMILES string of the molecule is CCOC(=O)c1cn(Cc2cc3ccc(Cl)cc3s2)nn1. The van der Waals surface area contributed by atoms with Crippen LogP contribution < -0.4 is 0 Å². The molecule has 0 radical (unpaired) electrons. The molecule has 0 spiro atoms. The highest BCUT2D eigenvalue weighted by molar-refractivity contribution is 7.19. The number of benzene rings is 1. The topological polar surface area (TPSA) is 57.0 Å². The number of rotatable bonds is 4. The summed E-state index contributed by atoms with van der Waals surface area (Å²) < 4.78 is 7.64. The van der Waals surface area contributed by atoms with Gasteiger partial charge in [0.1, 0.15) is 0 Å². The van der Waals surface area contributed by atoms with Gasteiger partial charge in [-0.05, 0) is 30.5 Å². The van der Waals surface area contributed by atoms with Crippen molar-refractivity contribution >= 4 is 39.0 Å². The zero-order chi connectivity index (χ0) is 14.8. The lowest BCUT2D eigenvalue weighted by atomic mass is 10.2. The molecule has 0 aliphatic carbocycles. The van der Waals surface area contributed by atoms with Gasteiger partial charge in [0.05, 0.1) is 19.3 Å². The highest BCUT2D eigenvalue weighted by Gasteiger charge is 2.12. The summed E-state index contributed by atoms with van der Waals surface area (Å²) >= 11 is 7.63. The van der Waals surface area contributed by atoms with Crippen LogP contribution in [-0.4, -0.2) is 27.6 Å². The molecule has 2 heterocycles. The summed E-state index contributed by atoms with van der Waals surface area (Å²) in [4.78, 5) is 12.7. The first-order valence-corrected chi connectivity index (χ1v) is 7.60. The van der Waals surface area contributed by atoms with E-state index in [1.807, 2.05) is 18.2 Å². The number of esters is 1. The van der Waals surface area contributed by atoms with Crippen LogP contribution in [0.4, 0.5) is 0 Å². The van der Waals surface area contributed by atoms with Crippen LogP contribution in [0, 0.1) is 0 Å². The fourth-order valence-electron chi connectivity index (χ4n) is 1.97. The maximum absolute atomic E-state index is 11.5. The monoisotopic (exact) mass is 321 g/mol. The number of hydrogen-bond donors (Lipinski definition) is 0. The molecule has 0 unspecified atom stereocenters. The van der Waals surface area contributed by atoms with E-state index in [1.54, 1.807) is 29.1 Å². The van der Waals surface area contributed by atoms with E-state index >= 15 is 0 Å². The molecule has 0 saturated heterocycles. The Morgan fingerprint density at radius 1 is 1.43 bits per heavy atom. The van der Waals surface area contributed by atoms with E-state index in [0.29, 0.717) is 13.2 Å². The molecule has 2 aromatic heterocycles. The van der Waals surface area contributed by atoms with E-state index in [2.05, 4.69) is 16.4 Å². The minimum absolute atomic E-state index is 0.223. The maximum atomic E-state index is 11.5. The van der Waals surface area contributed by atoms with Gasteiger partial charge in [-0.1, -0.05) is 22.9 Å². The second-order valence-corrected chi connectivity index (χ2v) is 6.02. The van der Waals surface area contributed by atoms with Gasteiger partial charge in [0.2, 0.25) is 0 Å². The van der Waals surface area contributed by atoms with Gasteiger partial charge in [0, 0.05) is 14.6 Å². The number of carbonyl (C=O) groups is 1. The van der Waals surface area contributed by atoms with Gasteiger partial charge < -0.3 is 4.74 Å². The van der Waals surface area contributed by atoms with Crippen molar-refractivity contribution in [3.8, 4) is 0 Å². The Balaban J connectivity index is 1.80. The molecule has 5 nitrogen and oxygen atoms in total. The molecule has 7 heteroatoms. The van der Waals surface area contributed by atoms with Gasteiger partial charge in [-0.2, -0.15) is 0 Å². The van der Waals surface area contributed by atoms with Gasteiger partial charge in [0.25, 0.3) is 0 Å². The summed E-state index contributed by atoms with van der Waals surface area (Å²) in [5.41, 5.74) is 0.223. The lowest BCUT2D eigenvalue weighted by molar-refractivity contribution is 0.0519. The summed E-state index contributed by atoms with van der Waals surface area (Å²) in [6, 6.07) is 7.89. The molecule has 108 valence electrons. The van der Waals surface area contributed by atoms with Crippen molar-refractivity contribution < 1.29 is 9.53 Å². The molecule has 3 aromatic rings. The maximum Gasteiger partial charge on any atom is 0.360 e. The van der Waals surface area contributed by atoms with Crippen molar-refractivity contribution in [2.75, 3.05) is 6.61 Å². The first kappa shape index (κ1) is 14.0. The first-order chi connectivity index (χ1) is 10.2. The Morgan fingerprint density at radius 2 is 2.29 bits per heavy atom. The molecule has 0 aliphatic heterocycles. The fourth-order valence-corrected chi connectivity index (χ4v) is 3.30. The quantitative estimate of drug-likeness (QED) is 0.691. The number of hydrogen-bond acceptors (Lipinski definition) is 5. The van der Waals surface area contributed by atoms with Crippen molar-refractivity contribution in [2.45, 2.75) is 13.5 Å². The van der Waals surface area contributed by atoms with E-state index in [9.17, 15) is 4.79 Å². The molecular formula is C14H12ClN3O2S. The molecule has 0 aliphatic rings. The van der Waals surface area contributed by atoms with Crippen LogP contribution in [0.1, 0.15) is 22.3 Å². The zero-order valence-corrected chi connectivity index (χ0v) is 12.8. The predicted octanol–water partition coefficient (Wildman–Crippen LogP) is 3.37. The minimum atomic E-state index is -0.452. The predicted molar refractivity (Wildman–Crippen MR) is 81.9 cm³/mol. The fraction of sp³-hybridized carbons (Fsp3) is 0.214. The van der Waals surface area contributed by atoms with Gasteiger partial charge in [-0.15, -0.1) is 16.4 Å². The van der Waals surface area contributed by atoms with Crippen LogP contribution in [0.3, 0.4) is 0 Å². The number of halogens is 1. The van der Waals surface area contributed by atoms with Crippen LogP contribution in [0.5, 0.6) is 0 Å². The standard InChI is InChI=1S/C14H12ClN3O2S/c1-2-20-14(19)12-8-18(17-16-12)7-11-5-9-3-4-10(15)6-13(9)21-11/h3-6,8H,2,7H2,1H3. The van der Waals surface area contributed by atoms with Crippen LogP contribution in [0.25, 0.3) is 10.1 Å². The second kappa shape index (κ2) is 5.83. The Morgan fingerprint density at radius 3 is 3.10 bits per heavy atom. The Labute approximate surface area is 130 Å². The third-order valence-corrected chi connectivity index (χ3v) is 4.19. The van der Waals surface area contributed by atoms with E-state index in [1.165, 1.54) is 0 Å². The molecule has 0 amide bonds. The van der Waals surface area contributed by atoms with Crippen LogP contribution in [0.2, 0.25) is 5.02 Å². The Kier molecular flexibility index (Phi) is 3.90. The number of thiophene rings is 1. The Bertz CT molecular complexity index is 796. The number of aromatic nitrogens is 3. The lowest BCUT2D eigenvalue weighted by Crippen LogP contribution is -2.04. The molecule has 1 aromatic carbocycles. The summed E-state index contributed by atoms with van der Waals surface area (Å²) in [6.07, 6.45) is 1.59. The number of ether oxygens (including phenoxy) is 1. The molecule has 21 heavy (non-hydrogen) atoms. The molecular weight excluding hydrogens is 310 g/mol.